The van der Waals surface area contributed by atoms with E-state index in [2.05, 4.69) is 26.0 Å². The molecule has 0 aliphatic rings. The molecule has 0 aliphatic heterocycles. The molecule has 13 heavy (non-hydrogen) atoms. The quantitative estimate of drug-likeness (QED) is 0.811. The Morgan fingerprint density at radius 3 is 2.77 bits per heavy atom. The standard InChI is InChI=1S/C9H10BrNO2/c1-11-8-5-6(10)3-4-7(8)9(12)13-2/h3-5,11H,1-2H3. The van der Waals surface area contributed by atoms with Crippen LogP contribution >= 0.6 is 15.9 Å². The Hall–Kier alpha value is -1.03. The van der Waals surface area contributed by atoms with E-state index in [0.717, 1.165) is 10.2 Å². The highest BCUT2D eigenvalue weighted by atomic mass is 79.9. The molecule has 0 radical (unpaired) electrons. The van der Waals surface area contributed by atoms with Gasteiger partial charge in [0.2, 0.25) is 0 Å². The predicted octanol–water partition coefficient (Wildman–Crippen LogP) is 2.28. The van der Waals surface area contributed by atoms with Crippen molar-refractivity contribution in [1.82, 2.24) is 0 Å². The van der Waals surface area contributed by atoms with Crippen LogP contribution in [0.4, 0.5) is 5.69 Å². The molecule has 1 rings (SSSR count). The van der Waals surface area contributed by atoms with Crippen LogP contribution in [-0.4, -0.2) is 20.1 Å². The fourth-order valence-electron chi connectivity index (χ4n) is 1.01. The number of esters is 1. The lowest BCUT2D eigenvalue weighted by Crippen LogP contribution is -2.05. The van der Waals surface area contributed by atoms with Gasteiger partial charge in [0, 0.05) is 17.2 Å². The molecule has 0 bridgehead atoms. The highest BCUT2D eigenvalue weighted by Gasteiger charge is 2.10. The number of carbonyl (C=O) groups excluding carboxylic acids is 1. The number of rotatable bonds is 2. The summed E-state index contributed by atoms with van der Waals surface area (Å²) in [4.78, 5) is 11.2. The van der Waals surface area contributed by atoms with Gasteiger partial charge in [-0.25, -0.2) is 4.79 Å². The summed E-state index contributed by atoms with van der Waals surface area (Å²) in [5.41, 5.74) is 1.29. The lowest BCUT2D eigenvalue weighted by Gasteiger charge is -2.06. The van der Waals surface area contributed by atoms with Crippen LogP contribution in [0, 0.1) is 0 Å². The van der Waals surface area contributed by atoms with Crippen molar-refractivity contribution in [3.63, 3.8) is 0 Å². The summed E-state index contributed by atoms with van der Waals surface area (Å²) in [6.45, 7) is 0. The van der Waals surface area contributed by atoms with Crippen molar-refractivity contribution in [1.29, 1.82) is 0 Å². The van der Waals surface area contributed by atoms with Gasteiger partial charge in [0.25, 0.3) is 0 Å². The zero-order valence-electron chi connectivity index (χ0n) is 7.43. The first-order valence-corrected chi connectivity index (χ1v) is 4.54. The van der Waals surface area contributed by atoms with Crippen LogP contribution in [0.1, 0.15) is 10.4 Å². The summed E-state index contributed by atoms with van der Waals surface area (Å²) in [5, 5.41) is 2.92. The lowest BCUT2D eigenvalue weighted by atomic mass is 10.2. The number of nitrogens with one attached hydrogen (secondary N) is 1. The highest BCUT2D eigenvalue weighted by Crippen LogP contribution is 2.21. The van der Waals surface area contributed by atoms with Gasteiger partial charge in [0.05, 0.1) is 12.7 Å². The molecule has 0 amide bonds. The van der Waals surface area contributed by atoms with Crippen LogP contribution in [-0.2, 0) is 4.74 Å². The van der Waals surface area contributed by atoms with Crippen LogP contribution in [0.2, 0.25) is 0 Å². The van der Waals surface area contributed by atoms with Gasteiger partial charge in [0.15, 0.2) is 0 Å². The van der Waals surface area contributed by atoms with E-state index in [0.29, 0.717) is 5.56 Å². The average molecular weight is 244 g/mol. The van der Waals surface area contributed by atoms with Gasteiger partial charge in [-0.05, 0) is 18.2 Å². The molecule has 0 fully saturated rings. The smallest absolute Gasteiger partial charge is 0.339 e. The number of benzene rings is 1. The summed E-state index contributed by atoms with van der Waals surface area (Å²) >= 11 is 3.32. The van der Waals surface area contributed by atoms with E-state index >= 15 is 0 Å². The first kappa shape index (κ1) is 10.1. The third kappa shape index (κ3) is 2.21. The number of hydrogen-bond donors (Lipinski definition) is 1. The van der Waals surface area contributed by atoms with E-state index in [1.807, 2.05) is 6.07 Å². The lowest BCUT2D eigenvalue weighted by molar-refractivity contribution is 0.0602. The molecule has 0 aromatic heterocycles. The molecule has 1 N–H and O–H groups in total. The van der Waals surface area contributed by atoms with Crippen LogP contribution in [0.15, 0.2) is 22.7 Å². The van der Waals surface area contributed by atoms with E-state index in [9.17, 15) is 4.79 Å². The number of carbonyl (C=O) groups is 1. The molecule has 0 atom stereocenters. The molecular formula is C9H10BrNO2. The minimum atomic E-state index is -0.336. The highest BCUT2D eigenvalue weighted by molar-refractivity contribution is 9.10. The van der Waals surface area contributed by atoms with Crippen molar-refractivity contribution in [3.8, 4) is 0 Å². The van der Waals surface area contributed by atoms with Gasteiger partial charge in [0.1, 0.15) is 0 Å². The second-order valence-electron chi connectivity index (χ2n) is 2.43. The Bertz CT molecular complexity index is 325. The number of methoxy groups -OCH3 is 1. The topological polar surface area (TPSA) is 38.3 Å². The molecule has 4 heteroatoms. The maximum absolute atomic E-state index is 11.2. The largest absolute Gasteiger partial charge is 0.465 e. The van der Waals surface area contributed by atoms with Crippen molar-refractivity contribution in [2.45, 2.75) is 0 Å². The summed E-state index contributed by atoms with van der Waals surface area (Å²) in [6, 6.07) is 5.33. The number of hydrogen-bond acceptors (Lipinski definition) is 3. The van der Waals surface area contributed by atoms with Crippen LogP contribution in [0.3, 0.4) is 0 Å². The maximum atomic E-state index is 11.2. The molecule has 0 spiro atoms. The minimum absolute atomic E-state index is 0.336. The summed E-state index contributed by atoms with van der Waals surface area (Å²) in [6.07, 6.45) is 0. The summed E-state index contributed by atoms with van der Waals surface area (Å²) in [5.74, 6) is -0.336. The van der Waals surface area contributed by atoms with E-state index in [1.54, 1.807) is 19.2 Å². The zero-order chi connectivity index (χ0) is 9.84. The molecule has 0 heterocycles. The van der Waals surface area contributed by atoms with Gasteiger partial charge >= 0.3 is 5.97 Å². The van der Waals surface area contributed by atoms with Gasteiger partial charge < -0.3 is 10.1 Å². The van der Waals surface area contributed by atoms with Crippen LogP contribution in [0.25, 0.3) is 0 Å². The average Bonchev–Trinajstić information content (AvgIpc) is 2.16. The second-order valence-corrected chi connectivity index (χ2v) is 3.35. The van der Waals surface area contributed by atoms with Crippen molar-refractivity contribution in [2.75, 3.05) is 19.5 Å². The predicted molar refractivity (Wildman–Crippen MR) is 55.0 cm³/mol. The molecule has 0 saturated carbocycles. The molecule has 0 aliphatic carbocycles. The molecule has 1 aromatic rings. The van der Waals surface area contributed by atoms with Gasteiger partial charge in [-0.15, -0.1) is 0 Å². The monoisotopic (exact) mass is 243 g/mol. The van der Waals surface area contributed by atoms with Crippen molar-refractivity contribution in [2.24, 2.45) is 0 Å². The number of halogens is 1. The molecule has 70 valence electrons. The van der Waals surface area contributed by atoms with E-state index in [1.165, 1.54) is 7.11 Å². The fourth-order valence-corrected chi connectivity index (χ4v) is 1.37. The first-order chi connectivity index (χ1) is 6.19. The Morgan fingerprint density at radius 1 is 1.54 bits per heavy atom. The van der Waals surface area contributed by atoms with Gasteiger partial charge in [-0.3, -0.25) is 0 Å². The van der Waals surface area contributed by atoms with Crippen molar-refractivity contribution >= 4 is 27.6 Å². The third-order valence-corrected chi connectivity index (χ3v) is 2.15. The van der Waals surface area contributed by atoms with E-state index < -0.39 is 0 Å². The van der Waals surface area contributed by atoms with Crippen molar-refractivity contribution in [3.05, 3.63) is 28.2 Å². The number of ether oxygens (including phenoxy) is 1. The SMILES string of the molecule is CNc1cc(Br)ccc1C(=O)OC. The first-order valence-electron chi connectivity index (χ1n) is 3.74. The van der Waals surface area contributed by atoms with Crippen LogP contribution in [0.5, 0.6) is 0 Å². The fraction of sp³-hybridized carbons (Fsp3) is 0.222. The Kier molecular flexibility index (Phi) is 3.31. The van der Waals surface area contributed by atoms with Crippen LogP contribution < -0.4 is 5.32 Å². The molecule has 3 nitrogen and oxygen atoms in total. The second kappa shape index (κ2) is 4.28. The maximum Gasteiger partial charge on any atom is 0.339 e. The summed E-state index contributed by atoms with van der Waals surface area (Å²) in [7, 11) is 3.12. The van der Waals surface area contributed by atoms with Gasteiger partial charge in [-0.2, -0.15) is 0 Å². The van der Waals surface area contributed by atoms with E-state index in [4.69, 9.17) is 0 Å². The Morgan fingerprint density at radius 2 is 2.23 bits per heavy atom. The Balaban J connectivity index is 3.13. The summed E-state index contributed by atoms with van der Waals surface area (Å²) < 4.78 is 5.55. The molecule has 1 aromatic carbocycles. The third-order valence-electron chi connectivity index (χ3n) is 1.66. The zero-order valence-corrected chi connectivity index (χ0v) is 9.01. The molecule has 0 unspecified atom stereocenters. The van der Waals surface area contributed by atoms with Gasteiger partial charge in [-0.1, -0.05) is 15.9 Å². The van der Waals surface area contributed by atoms with E-state index in [-0.39, 0.29) is 5.97 Å². The van der Waals surface area contributed by atoms with Crippen molar-refractivity contribution < 1.29 is 9.53 Å². The minimum Gasteiger partial charge on any atom is -0.465 e. The molecule has 0 saturated heterocycles. The number of anilines is 1. The Labute approximate surface area is 85.2 Å². The normalized spacial score (nSPS) is 9.46. The molecular weight excluding hydrogens is 234 g/mol.